The van der Waals surface area contributed by atoms with E-state index in [4.69, 9.17) is 9.47 Å². The minimum Gasteiger partial charge on any atom is -0.489 e. The van der Waals surface area contributed by atoms with Crippen LogP contribution in [0.4, 0.5) is 0 Å². The van der Waals surface area contributed by atoms with Gasteiger partial charge in [-0.15, -0.1) is 0 Å². The van der Waals surface area contributed by atoms with Crippen LogP contribution in [0.2, 0.25) is 0 Å². The maximum Gasteiger partial charge on any atom is 0.313 e. The van der Waals surface area contributed by atoms with Crippen LogP contribution >= 0.6 is 0 Å². The van der Waals surface area contributed by atoms with Crippen molar-refractivity contribution in [2.45, 2.75) is 77.4 Å². The third-order valence-electron chi connectivity index (χ3n) is 6.33. The second-order valence-electron chi connectivity index (χ2n) is 8.30. The summed E-state index contributed by atoms with van der Waals surface area (Å²) in [5.74, 6) is -0.884. The number of ketones is 1. The first-order chi connectivity index (χ1) is 13.4. The summed E-state index contributed by atoms with van der Waals surface area (Å²) in [7, 11) is 0. The standard InChI is InChI=1S/C23H32O5/c1-4-6-7-8-9-11-19(24)20-18-13-15-12-16(10-5-2)27-14-17(15)21(25)23(18,3)28-22(20)26/h5,10,12,18-20,24H,4,6-9,11,13-14H2,1-3H3. The van der Waals surface area contributed by atoms with Gasteiger partial charge >= 0.3 is 5.97 Å². The Hall–Kier alpha value is -1.88. The van der Waals surface area contributed by atoms with Gasteiger partial charge in [0, 0.05) is 11.5 Å². The van der Waals surface area contributed by atoms with E-state index in [1.165, 1.54) is 12.8 Å². The zero-order valence-corrected chi connectivity index (χ0v) is 17.2. The van der Waals surface area contributed by atoms with Crippen molar-refractivity contribution >= 4 is 11.8 Å². The number of unbranched alkanes of at least 4 members (excludes halogenated alkanes) is 4. The molecule has 3 rings (SSSR count). The van der Waals surface area contributed by atoms with Crippen LogP contribution in [0.25, 0.3) is 0 Å². The predicted octanol–water partition coefficient (Wildman–Crippen LogP) is 4.02. The molecule has 1 aliphatic carbocycles. The van der Waals surface area contributed by atoms with E-state index in [1.807, 2.05) is 25.2 Å². The van der Waals surface area contributed by atoms with Crippen LogP contribution in [-0.2, 0) is 19.1 Å². The number of ether oxygens (including phenoxy) is 2. The third kappa shape index (κ3) is 3.82. The fraction of sp³-hybridized carbons (Fsp3) is 0.652. The lowest BCUT2D eigenvalue weighted by atomic mass is 9.67. The second-order valence-corrected chi connectivity index (χ2v) is 8.30. The molecule has 3 aliphatic rings. The molecule has 0 aromatic carbocycles. The predicted molar refractivity (Wildman–Crippen MR) is 106 cm³/mol. The summed E-state index contributed by atoms with van der Waals surface area (Å²) >= 11 is 0. The van der Waals surface area contributed by atoms with Gasteiger partial charge in [-0.3, -0.25) is 9.59 Å². The summed E-state index contributed by atoms with van der Waals surface area (Å²) in [5, 5.41) is 10.8. The average molecular weight is 389 g/mol. The molecule has 2 heterocycles. The van der Waals surface area contributed by atoms with Gasteiger partial charge in [0.15, 0.2) is 5.60 Å². The molecule has 1 fully saturated rings. The first-order valence-electron chi connectivity index (χ1n) is 10.6. The smallest absolute Gasteiger partial charge is 0.313 e. The molecule has 1 N–H and O–H groups in total. The Bertz CT molecular complexity index is 717. The molecule has 5 heteroatoms. The van der Waals surface area contributed by atoms with E-state index in [2.05, 4.69) is 6.92 Å². The molecule has 0 bridgehead atoms. The number of fused-ring (bicyclic) bond motifs is 1. The highest BCUT2D eigenvalue weighted by atomic mass is 16.6. The van der Waals surface area contributed by atoms with Crippen LogP contribution in [0, 0.1) is 11.8 Å². The summed E-state index contributed by atoms with van der Waals surface area (Å²) in [6.45, 7) is 5.98. The van der Waals surface area contributed by atoms with Crippen LogP contribution in [0.15, 0.2) is 35.1 Å². The lowest BCUT2D eigenvalue weighted by molar-refractivity contribution is -0.158. The summed E-state index contributed by atoms with van der Waals surface area (Å²) in [6, 6.07) is 0. The number of Topliss-reactive ketones (excluding diaryl/α,β-unsaturated/α-hetero) is 1. The maximum absolute atomic E-state index is 13.1. The Morgan fingerprint density at radius 3 is 2.75 bits per heavy atom. The van der Waals surface area contributed by atoms with Gasteiger partial charge in [0.05, 0.1) is 12.0 Å². The Kier molecular flexibility index (Phi) is 6.43. The van der Waals surface area contributed by atoms with Crippen molar-refractivity contribution < 1.29 is 24.2 Å². The first kappa shape index (κ1) is 20.8. The summed E-state index contributed by atoms with van der Waals surface area (Å²) < 4.78 is 11.2. The molecule has 4 atom stereocenters. The minimum absolute atomic E-state index is 0.180. The average Bonchev–Trinajstić information content (AvgIpc) is 2.92. The SMILES string of the molecule is CC=CC1=CC2=C(CO1)C(=O)C1(C)OC(=O)C(C(O)CCCCCCC)C1C2. The molecule has 5 nitrogen and oxygen atoms in total. The van der Waals surface area contributed by atoms with Crippen LogP contribution in [-0.4, -0.2) is 35.2 Å². The molecule has 0 saturated carbocycles. The molecule has 154 valence electrons. The fourth-order valence-corrected chi connectivity index (χ4v) is 4.70. The van der Waals surface area contributed by atoms with E-state index in [1.54, 1.807) is 6.92 Å². The molecule has 0 aromatic heterocycles. The van der Waals surface area contributed by atoms with Gasteiger partial charge in [0.1, 0.15) is 12.4 Å². The molecule has 1 saturated heterocycles. The molecular formula is C23H32O5. The molecule has 2 aliphatic heterocycles. The van der Waals surface area contributed by atoms with E-state index < -0.39 is 23.6 Å². The zero-order chi connectivity index (χ0) is 20.3. The highest BCUT2D eigenvalue weighted by Gasteiger charge is 2.61. The molecule has 0 spiro atoms. The van der Waals surface area contributed by atoms with Gasteiger partial charge in [0.25, 0.3) is 0 Å². The number of carbonyl (C=O) groups excluding carboxylic acids is 2. The number of allylic oxidation sites excluding steroid dienone is 4. The molecule has 0 amide bonds. The van der Waals surface area contributed by atoms with Gasteiger partial charge in [-0.1, -0.05) is 45.1 Å². The van der Waals surface area contributed by atoms with Crippen molar-refractivity contribution in [2.75, 3.05) is 6.61 Å². The van der Waals surface area contributed by atoms with Gasteiger partial charge in [-0.2, -0.15) is 0 Å². The lowest BCUT2D eigenvalue weighted by Gasteiger charge is -2.37. The van der Waals surface area contributed by atoms with Crippen LogP contribution in [0.5, 0.6) is 0 Å². The van der Waals surface area contributed by atoms with Crippen LogP contribution in [0.1, 0.15) is 65.7 Å². The highest BCUT2D eigenvalue weighted by molar-refractivity contribution is 6.07. The Labute approximate surface area is 167 Å². The number of hydrogen-bond acceptors (Lipinski definition) is 5. The van der Waals surface area contributed by atoms with E-state index in [0.717, 1.165) is 30.6 Å². The van der Waals surface area contributed by atoms with E-state index in [9.17, 15) is 14.7 Å². The lowest BCUT2D eigenvalue weighted by Crippen LogP contribution is -2.48. The summed E-state index contributed by atoms with van der Waals surface area (Å²) in [4.78, 5) is 25.8. The minimum atomic E-state index is -1.20. The van der Waals surface area contributed by atoms with E-state index in [-0.39, 0.29) is 18.3 Å². The van der Waals surface area contributed by atoms with Crippen molar-refractivity contribution in [1.82, 2.24) is 0 Å². The molecule has 4 unspecified atom stereocenters. The molecule has 0 aromatic rings. The number of rotatable bonds is 8. The number of esters is 1. The monoisotopic (exact) mass is 388 g/mol. The van der Waals surface area contributed by atoms with Gasteiger partial charge < -0.3 is 14.6 Å². The summed E-state index contributed by atoms with van der Waals surface area (Å²) in [5.41, 5.74) is 0.304. The third-order valence-corrected chi connectivity index (χ3v) is 6.33. The fourth-order valence-electron chi connectivity index (χ4n) is 4.70. The van der Waals surface area contributed by atoms with Crippen LogP contribution in [0.3, 0.4) is 0 Å². The van der Waals surface area contributed by atoms with Gasteiger partial charge in [-0.05, 0) is 44.4 Å². The van der Waals surface area contributed by atoms with Crippen molar-refractivity contribution in [3.05, 3.63) is 35.1 Å². The van der Waals surface area contributed by atoms with Crippen LogP contribution < -0.4 is 0 Å². The Morgan fingerprint density at radius 2 is 2.04 bits per heavy atom. The Morgan fingerprint density at radius 1 is 1.29 bits per heavy atom. The quantitative estimate of drug-likeness (QED) is 0.502. The summed E-state index contributed by atoms with van der Waals surface area (Å²) in [6.07, 6.45) is 11.4. The van der Waals surface area contributed by atoms with E-state index in [0.29, 0.717) is 18.4 Å². The number of hydrogen-bond donors (Lipinski definition) is 1. The van der Waals surface area contributed by atoms with Gasteiger partial charge in [-0.25, -0.2) is 0 Å². The van der Waals surface area contributed by atoms with Crippen molar-refractivity contribution in [1.29, 1.82) is 0 Å². The van der Waals surface area contributed by atoms with E-state index >= 15 is 0 Å². The van der Waals surface area contributed by atoms with Crippen molar-refractivity contribution in [3.63, 3.8) is 0 Å². The zero-order valence-electron chi connectivity index (χ0n) is 17.2. The maximum atomic E-state index is 13.1. The molecule has 28 heavy (non-hydrogen) atoms. The van der Waals surface area contributed by atoms with Crippen molar-refractivity contribution in [3.8, 4) is 0 Å². The number of aliphatic hydroxyl groups excluding tert-OH is 1. The molecule has 0 radical (unpaired) electrons. The number of carbonyl (C=O) groups is 2. The normalized spacial score (nSPS) is 30.6. The molecular weight excluding hydrogens is 356 g/mol. The van der Waals surface area contributed by atoms with Gasteiger partial charge in [0.2, 0.25) is 5.78 Å². The Balaban J connectivity index is 1.77. The van der Waals surface area contributed by atoms with Crippen molar-refractivity contribution in [2.24, 2.45) is 11.8 Å². The highest BCUT2D eigenvalue weighted by Crippen LogP contribution is 2.49. The topological polar surface area (TPSA) is 72.8 Å². The largest absolute Gasteiger partial charge is 0.489 e. The number of aliphatic hydroxyl groups is 1. The first-order valence-corrected chi connectivity index (χ1v) is 10.6. The second kappa shape index (κ2) is 8.64.